The third-order valence-corrected chi connectivity index (χ3v) is 6.75. The Morgan fingerprint density at radius 1 is 0.714 bits per heavy atom. The lowest BCUT2D eigenvalue weighted by Crippen LogP contribution is -1.95. The number of nitriles is 1. The maximum absolute atomic E-state index is 10.0. The van der Waals surface area contributed by atoms with Gasteiger partial charge >= 0.3 is 0 Å². The highest BCUT2D eigenvalue weighted by Gasteiger charge is 2.11. The van der Waals surface area contributed by atoms with Crippen molar-refractivity contribution in [1.29, 1.82) is 5.26 Å². The summed E-state index contributed by atoms with van der Waals surface area (Å²) in [6.45, 7) is 6.25. The molecule has 0 spiro atoms. The Labute approximate surface area is 212 Å². The first-order valence-corrected chi connectivity index (χ1v) is 12.6. The largest absolute Gasteiger partial charge is 0.241 e. The van der Waals surface area contributed by atoms with Gasteiger partial charge in [0, 0.05) is 5.75 Å². The van der Waals surface area contributed by atoms with Crippen LogP contribution in [0.3, 0.4) is 0 Å². The van der Waals surface area contributed by atoms with Gasteiger partial charge in [-0.15, -0.1) is 11.8 Å². The van der Waals surface area contributed by atoms with Gasteiger partial charge in [-0.3, -0.25) is 0 Å². The highest BCUT2D eigenvalue weighted by atomic mass is 32.2. The van der Waals surface area contributed by atoms with Gasteiger partial charge in [0.1, 0.15) is 11.1 Å². The molecule has 0 atom stereocenters. The van der Waals surface area contributed by atoms with Gasteiger partial charge in [0.25, 0.3) is 0 Å². The molecule has 0 aliphatic heterocycles. The molecule has 0 unspecified atom stereocenters. The molecule has 4 rings (SSSR count). The van der Waals surface area contributed by atoms with E-state index in [0.717, 1.165) is 33.2 Å². The molecule has 0 aliphatic carbocycles. The third kappa shape index (κ3) is 6.82. The minimum absolute atomic E-state index is 0.609. The van der Waals surface area contributed by atoms with Crippen LogP contribution in [-0.2, 0) is 5.75 Å². The Morgan fingerprint density at radius 2 is 1.23 bits per heavy atom. The zero-order chi connectivity index (χ0) is 24.6. The Bertz CT molecular complexity index is 1390. The number of thioether (sulfide) groups is 1. The van der Waals surface area contributed by atoms with Crippen molar-refractivity contribution >= 4 is 36.1 Å². The summed E-state index contributed by atoms with van der Waals surface area (Å²) in [5.74, 6) is 0.758. The van der Waals surface area contributed by atoms with Gasteiger partial charge in [-0.25, -0.2) is 4.98 Å². The van der Waals surface area contributed by atoms with Crippen molar-refractivity contribution in [2.45, 2.75) is 31.6 Å². The molecule has 2 nitrogen and oxygen atoms in total. The highest BCUT2D eigenvalue weighted by molar-refractivity contribution is 7.98. The Hall–Kier alpha value is -3.87. The molecular weight excluding hydrogens is 444 g/mol. The van der Waals surface area contributed by atoms with E-state index < -0.39 is 0 Å². The van der Waals surface area contributed by atoms with Gasteiger partial charge in [-0.1, -0.05) is 108 Å². The summed E-state index contributed by atoms with van der Waals surface area (Å²) >= 11 is 1.60. The number of nitrogens with zero attached hydrogens (tertiary/aromatic N) is 2. The first-order chi connectivity index (χ1) is 17.0. The molecule has 0 amide bonds. The summed E-state index contributed by atoms with van der Waals surface area (Å²) in [5, 5.41) is 10.8. The quantitative estimate of drug-likeness (QED) is 0.253. The molecule has 0 bridgehead atoms. The van der Waals surface area contributed by atoms with E-state index in [-0.39, 0.29) is 0 Å². The van der Waals surface area contributed by atoms with Crippen molar-refractivity contribution < 1.29 is 0 Å². The number of hydrogen-bond acceptors (Lipinski definition) is 3. The molecule has 0 N–H and O–H groups in total. The van der Waals surface area contributed by atoms with Crippen LogP contribution in [0, 0.1) is 32.1 Å². The Balaban J connectivity index is 1.69. The van der Waals surface area contributed by atoms with Crippen molar-refractivity contribution in [1.82, 2.24) is 4.98 Å². The number of pyridine rings is 1. The fourth-order valence-corrected chi connectivity index (χ4v) is 4.53. The SMILES string of the molecule is Cc1ccc(/C=C/c2cc(/C=C/c3ccc(C)cc3)c(C#N)c(SCc3ccc(C)cc3)n2)cc1. The first kappa shape index (κ1) is 24.3. The normalized spacial score (nSPS) is 11.3. The average Bonchev–Trinajstić information content (AvgIpc) is 2.87. The van der Waals surface area contributed by atoms with E-state index in [1.165, 1.54) is 22.3 Å². The number of benzene rings is 3. The average molecular weight is 473 g/mol. The number of aromatic nitrogens is 1. The van der Waals surface area contributed by atoms with Crippen molar-refractivity contribution in [2.75, 3.05) is 0 Å². The summed E-state index contributed by atoms with van der Waals surface area (Å²) < 4.78 is 0. The molecule has 0 saturated heterocycles. The van der Waals surface area contributed by atoms with Crippen LogP contribution in [0.15, 0.2) is 83.9 Å². The minimum atomic E-state index is 0.609. The molecular formula is C32H28N2S. The molecule has 0 radical (unpaired) electrons. The molecule has 0 saturated carbocycles. The molecule has 1 heterocycles. The Morgan fingerprint density at radius 3 is 1.77 bits per heavy atom. The predicted octanol–water partition coefficient (Wildman–Crippen LogP) is 8.51. The molecule has 35 heavy (non-hydrogen) atoms. The summed E-state index contributed by atoms with van der Waals surface area (Å²) in [4.78, 5) is 4.86. The second-order valence-corrected chi connectivity index (χ2v) is 9.65. The Kier molecular flexibility index (Phi) is 7.98. The number of aryl methyl sites for hydroxylation is 3. The fraction of sp³-hybridized carbons (Fsp3) is 0.125. The van der Waals surface area contributed by atoms with Crippen LogP contribution in [0.25, 0.3) is 24.3 Å². The number of hydrogen-bond donors (Lipinski definition) is 0. The number of rotatable bonds is 7. The topological polar surface area (TPSA) is 36.7 Å². The van der Waals surface area contributed by atoms with Crippen LogP contribution < -0.4 is 0 Å². The monoisotopic (exact) mass is 472 g/mol. The second kappa shape index (κ2) is 11.5. The molecule has 0 fully saturated rings. The van der Waals surface area contributed by atoms with E-state index in [0.29, 0.717) is 5.56 Å². The molecule has 4 aromatic rings. The minimum Gasteiger partial charge on any atom is -0.241 e. The van der Waals surface area contributed by atoms with Crippen LogP contribution in [0.2, 0.25) is 0 Å². The summed E-state index contributed by atoms with van der Waals surface area (Å²) in [6, 6.07) is 29.7. The van der Waals surface area contributed by atoms with Gasteiger partial charge in [-0.2, -0.15) is 5.26 Å². The maximum atomic E-state index is 10.0. The van der Waals surface area contributed by atoms with Crippen LogP contribution >= 0.6 is 11.8 Å². The lowest BCUT2D eigenvalue weighted by atomic mass is 10.1. The van der Waals surface area contributed by atoms with E-state index in [1.807, 2.05) is 18.2 Å². The van der Waals surface area contributed by atoms with E-state index in [2.05, 4.69) is 112 Å². The van der Waals surface area contributed by atoms with Crippen LogP contribution in [-0.4, -0.2) is 4.98 Å². The van der Waals surface area contributed by atoms with Crippen molar-refractivity contribution in [2.24, 2.45) is 0 Å². The summed E-state index contributed by atoms with van der Waals surface area (Å²) in [6.07, 6.45) is 8.15. The maximum Gasteiger partial charge on any atom is 0.115 e. The van der Waals surface area contributed by atoms with E-state index >= 15 is 0 Å². The smallest absolute Gasteiger partial charge is 0.115 e. The molecule has 3 aromatic carbocycles. The summed E-state index contributed by atoms with van der Waals surface area (Å²) in [5.41, 5.74) is 9.44. The van der Waals surface area contributed by atoms with Gasteiger partial charge in [0.15, 0.2) is 0 Å². The van der Waals surface area contributed by atoms with Crippen LogP contribution in [0.1, 0.15) is 50.2 Å². The van der Waals surface area contributed by atoms with Crippen LogP contribution in [0.4, 0.5) is 0 Å². The zero-order valence-corrected chi connectivity index (χ0v) is 21.1. The summed E-state index contributed by atoms with van der Waals surface area (Å²) in [7, 11) is 0. The standard InChI is InChI=1S/C32H28N2S/c1-23-4-10-26(11-5-23)16-18-29-20-30(19-17-27-12-6-24(2)7-13-27)34-32(31(29)21-33)35-22-28-14-8-25(3)9-15-28/h4-20H,22H2,1-3H3/b18-16+,19-17+. The first-order valence-electron chi connectivity index (χ1n) is 11.6. The van der Waals surface area contributed by atoms with E-state index in [4.69, 9.17) is 4.98 Å². The van der Waals surface area contributed by atoms with Gasteiger partial charge in [-0.05, 0) is 55.2 Å². The lowest BCUT2D eigenvalue weighted by molar-refractivity contribution is 1.09. The van der Waals surface area contributed by atoms with Gasteiger partial charge in [0.2, 0.25) is 0 Å². The molecule has 1 aromatic heterocycles. The highest BCUT2D eigenvalue weighted by Crippen LogP contribution is 2.29. The van der Waals surface area contributed by atoms with Crippen molar-refractivity contribution in [3.05, 3.63) is 129 Å². The van der Waals surface area contributed by atoms with Crippen LogP contribution in [0.5, 0.6) is 0 Å². The van der Waals surface area contributed by atoms with Gasteiger partial charge in [0.05, 0.1) is 11.3 Å². The molecule has 0 aliphatic rings. The molecule has 172 valence electrons. The lowest BCUT2D eigenvalue weighted by Gasteiger charge is -2.09. The van der Waals surface area contributed by atoms with E-state index in [9.17, 15) is 5.26 Å². The van der Waals surface area contributed by atoms with Crippen molar-refractivity contribution in [3.63, 3.8) is 0 Å². The third-order valence-electron chi connectivity index (χ3n) is 5.70. The second-order valence-electron chi connectivity index (χ2n) is 8.69. The van der Waals surface area contributed by atoms with E-state index in [1.54, 1.807) is 11.8 Å². The van der Waals surface area contributed by atoms with Crippen molar-refractivity contribution in [3.8, 4) is 6.07 Å². The predicted molar refractivity (Wildman–Crippen MR) is 150 cm³/mol. The molecule has 3 heteroatoms. The zero-order valence-electron chi connectivity index (χ0n) is 20.3. The van der Waals surface area contributed by atoms with Gasteiger partial charge < -0.3 is 0 Å². The fourth-order valence-electron chi connectivity index (χ4n) is 3.55.